The van der Waals surface area contributed by atoms with Crippen LogP contribution in [0.25, 0.3) is 0 Å². The van der Waals surface area contributed by atoms with Gasteiger partial charge in [-0.05, 0) is 44.0 Å². The van der Waals surface area contributed by atoms with Crippen LogP contribution in [0.2, 0.25) is 0 Å². The van der Waals surface area contributed by atoms with Crippen LogP contribution in [-0.4, -0.2) is 38.8 Å². The zero-order valence-corrected chi connectivity index (χ0v) is 11.9. The van der Waals surface area contributed by atoms with Gasteiger partial charge in [-0.3, -0.25) is 0 Å². The van der Waals surface area contributed by atoms with E-state index in [1.165, 1.54) is 12.8 Å². The molecule has 1 aliphatic rings. The van der Waals surface area contributed by atoms with Crippen molar-refractivity contribution in [3.63, 3.8) is 0 Å². The lowest BCUT2D eigenvalue weighted by Gasteiger charge is -2.27. The summed E-state index contributed by atoms with van der Waals surface area (Å²) in [5.41, 5.74) is 7.79. The van der Waals surface area contributed by atoms with E-state index in [4.69, 9.17) is 15.2 Å². The summed E-state index contributed by atoms with van der Waals surface area (Å²) in [5, 5.41) is 0. The molecule has 1 heterocycles. The molecule has 2 rings (SSSR count). The van der Waals surface area contributed by atoms with Crippen molar-refractivity contribution in [1.82, 2.24) is 4.90 Å². The summed E-state index contributed by atoms with van der Waals surface area (Å²) in [6.45, 7) is 3.77. The highest BCUT2D eigenvalue weighted by molar-refractivity contribution is 5.47. The zero-order chi connectivity index (χ0) is 13.7. The predicted octanol–water partition coefficient (Wildman–Crippen LogP) is 2.14. The van der Waals surface area contributed by atoms with Crippen LogP contribution >= 0.6 is 0 Å². The van der Waals surface area contributed by atoms with E-state index in [1.807, 2.05) is 18.2 Å². The van der Waals surface area contributed by atoms with E-state index in [-0.39, 0.29) is 0 Å². The molecule has 1 aromatic rings. The highest BCUT2D eigenvalue weighted by Crippen LogP contribution is 2.23. The zero-order valence-electron chi connectivity index (χ0n) is 11.9. The third-order valence-electron chi connectivity index (χ3n) is 3.66. The van der Waals surface area contributed by atoms with Crippen LogP contribution in [0, 0.1) is 5.92 Å². The number of nitrogen functional groups attached to an aromatic ring is 1. The third-order valence-corrected chi connectivity index (χ3v) is 3.66. The molecular weight excluding hydrogens is 240 g/mol. The van der Waals surface area contributed by atoms with Gasteiger partial charge in [-0.2, -0.15) is 0 Å². The Hall–Kier alpha value is -1.26. The number of hydrogen-bond donors (Lipinski definition) is 1. The highest BCUT2D eigenvalue weighted by Gasteiger charge is 2.16. The van der Waals surface area contributed by atoms with Gasteiger partial charge in [0, 0.05) is 37.6 Å². The highest BCUT2D eigenvalue weighted by atomic mass is 16.5. The summed E-state index contributed by atoms with van der Waals surface area (Å²) in [5.74, 6) is 1.65. The first-order valence-electron chi connectivity index (χ1n) is 6.87. The fraction of sp³-hybridized carbons (Fsp3) is 0.600. The second-order valence-corrected chi connectivity index (χ2v) is 5.32. The Balaban J connectivity index is 1.93. The Kier molecular flexibility index (Phi) is 5.05. The summed E-state index contributed by atoms with van der Waals surface area (Å²) < 4.78 is 10.8. The number of ether oxygens (including phenoxy) is 2. The van der Waals surface area contributed by atoms with Gasteiger partial charge in [0.15, 0.2) is 0 Å². The normalized spacial score (nSPS) is 16.8. The molecule has 1 aliphatic heterocycles. The first kappa shape index (κ1) is 14.2. The largest absolute Gasteiger partial charge is 0.496 e. The Morgan fingerprint density at radius 3 is 2.79 bits per heavy atom. The Morgan fingerprint density at radius 1 is 1.37 bits per heavy atom. The molecule has 0 aromatic heterocycles. The van der Waals surface area contributed by atoms with Crippen LogP contribution in [0.4, 0.5) is 5.69 Å². The van der Waals surface area contributed by atoms with Gasteiger partial charge in [0.2, 0.25) is 0 Å². The molecular formula is C15H24N2O2. The van der Waals surface area contributed by atoms with E-state index in [0.29, 0.717) is 0 Å². The van der Waals surface area contributed by atoms with Crippen molar-refractivity contribution in [3.05, 3.63) is 23.8 Å². The number of nitrogens with zero attached hydrogens (tertiary/aromatic N) is 1. The van der Waals surface area contributed by atoms with Crippen molar-refractivity contribution in [2.24, 2.45) is 5.92 Å². The van der Waals surface area contributed by atoms with Crippen LogP contribution < -0.4 is 10.5 Å². The van der Waals surface area contributed by atoms with Crippen LogP contribution in [0.1, 0.15) is 18.4 Å². The molecule has 1 saturated heterocycles. The molecule has 0 saturated carbocycles. The maximum absolute atomic E-state index is 5.85. The molecule has 2 N–H and O–H groups in total. The third kappa shape index (κ3) is 4.11. The first-order chi connectivity index (χ1) is 9.19. The molecule has 1 aromatic carbocycles. The van der Waals surface area contributed by atoms with Crippen LogP contribution in [0.3, 0.4) is 0 Å². The number of methoxy groups -OCH3 is 1. The van der Waals surface area contributed by atoms with Gasteiger partial charge in [-0.1, -0.05) is 0 Å². The predicted molar refractivity (Wildman–Crippen MR) is 77.3 cm³/mol. The summed E-state index contributed by atoms with van der Waals surface area (Å²) in [4.78, 5) is 2.34. The van der Waals surface area contributed by atoms with Crippen molar-refractivity contribution < 1.29 is 9.47 Å². The number of nitrogens with two attached hydrogens (primary N) is 1. The van der Waals surface area contributed by atoms with E-state index >= 15 is 0 Å². The monoisotopic (exact) mass is 264 g/mol. The second kappa shape index (κ2) is 6.78. The summed E-state index contributed by atoms with van der Waals surface area (Å²) >= 11 is 0. The van der Waals surface area contributed by atoms with Crippen LogP contribution in [0.5, 0.6) is 5.75 Å². The van der Waals surface area contributed by atoms with E-state index in [0.717, 1.165) is 49.2 Å². The summed E-state index contributed by atoms with van der Waals surface area (Å²) in [6, 6.07) is 5.81. The molecule has 0 atom stereocenters. The van der Waals surface area contributed by atoms with E-state index < -0.39 is 0 Å². The molecule has 4 heteroatoms. The van der Waals surface area contributed by atoms with E-state index in [1.54, 1.807) is 7.11 Å². The van der Waals surface area contributed by atoms with Gasteiger partial charge >= 0.3 is 0 Å². The average molecular weight is 264 g/mol. The van der Waals surface area contributed by atoms with Crippen molar-refractivity contribution in [1.29, 1.82) is 0 Å². The van der Waals surface area contributed by atoms with Crippen LogP contribution in [-0.2, 0) is 11.3 Å². The number of hydrogen-bond acceptors (Lipinski definition) is 4. The molecule has 1 fully saturated rings. The summed E-state index contributed by atoms with van der Waals surface area (Å²) in [6.07, 6.45) is 2.33. The maximum atomic E-state index is 5.85. The molecule has 0 amide bonds. The molecule has 4 nitrogen and oxygen atoms in total. The van der Waals surface area contributed by atoms with Crippen molar-refractivity contribution >= 4 is 5.69 Å². The lowest BCUT2D eigenvalue weighted by molar-refractivity contribution is 0.0549. The van der Waals surface area contributed by atoms with Gasteiger partial charge in [-0.15, -0.1) is 0 Å². The van der Waals surface area contributed by atoms with Gasteiger partial charge in [0.05, 0.1) is 7.11 Å². The average Bonchev–Trinajstić information content (AvgIpc) is 2.40. The van der Waals surface area contributed by atoms with Crippen molar-refractivity contribution in [2.75, 3.05) is 39.6 Å². The Morgan fingerprint density at radius 2 is 2.11 bits per heavy atom. The Labute approximate surface area is 115 Å². The van der Waals surface area contributed by atoms with E-state index in [2.05, 4.69) is 11.9 Å². The molecule has 0 spiro atoms. The van der Waals surface area contributed by atoms with Gasteiger partial charge < -0.3 is 20.1 Å². The second-order valence-electron chi connectivity index (χ2n) is 5.32. The minimum absolute atomic E-state index is 0.741. The van der Waals surface area contributed by atoms with Crippen molar-refractivity contribution in [2.45, 2.75) is 19.4 Å². The van der Waals surface area contributed by atoms with Gasteiger partial charge in [0.1, 0.15) is 5.75 Å². The fourth-order valence-electron chi connectivity index (χ4n) is 2.65. The fourth-order valence-corrected chi connectivity index (χ4v) is 2.65. The van der Waals surface area contributed by atoms with Crippen LogP contribution in [0.15, 0.2) is 18.2 Å². The quantitative estimate of drug-likeness (QED) is 0.828. The molecule has 19 heavy (non-hydrogen) atoms. The van der Waals surface area contributed by atoms with E-state index in [9.17, 15) is 0 Å². The molecule has 0 aliphatic carbocycles. The lowest BCUT2D eigenvalue weighted by atomic mass is 9.99. The lowest BCUT2D eigenvalue weighted by Crippen LogP contribution is -2.29. The minimum Gasteiger partial charge on any atom is -0.496 e. The standard InChI is InChI=1S/C15H24N2O2/c1-17(10-12-5-7-19-8-6-12)11-13-9-14(16)3-4-15(13)18-2/h3-4,9,12H,5-8,10-11,16H2,1-2H3. The molecule has 106 valence electrons. The number of rotatable bonds is 5. The van der Waals surface area contributed by atoms with Gasteiger partial charge in [-0.25, -0.2) is 0 Å². The van der Waals surface area contributed by atoms with Gasteiger partial charge in [0.25, 0.3) is 0 Å². The maximum Gasteiger partial charge on any atom is 0.123 e. The number of benzene rings is 1. The molecule has 0 unspecified atom stereocenters. The summed E-state index contributed by atoms with van der Waals surface area (Å²) in [7, 11) is 3.85. The minimum atomic E-state index is 0.741. The smallest absolute Gasteiger partial charge is 0.123 e. The topological polar surface area (TPSA) is 47.7 Å². The molecule has 0 radical (unpaired) electrons. The first-order valence-corrected chi connectivity index (χ1v) is 6.87. The number of anilines is 1. The Bertz CT molecular complexity index is 403. The SMILES string of the molecule is COc1ccc(N)cc1CN(C)CC1CCOCC1. The van der Waals surface area contributed by atoms with Crippen molar-refractivity contribution in [3.8, 4) is 5.75 Å². The molecule has 0 bridgehead atoms.